The van der Waals surface area contributed by atoms with Gasteiger partial charge in [0.25, 0.3) is 0 Å². The van der Waals surface area contributed by atoms with E-state index in [1.807, 2.05) is 13.8 Å². The summed E-state index contributed by atoms with van der Waals surface area (Å²) < 4.78 is 1.64. The summed E-state index contributed by atoms with van der Waals surface area (Å²) in [7, 11) is 0. The molecule has 128 valence electrons. The lowest BCUT2D eigenvalue weighted by Gasteiger charge is -2.23. The van der Waals surface area contributed by atoms with Crippen molar-refractivity contribution in [1.29, 1.82) is 0 Å². The van der Waals surface area contributed by atoms with Crippen molar-refractivity contribution in [3.05, 3.63) is 20.2 Å². The van der Waals surface area contributed by atoms with E-state index >= 15 is 0 Å². The molecule has 0 unspecified atom stereocenters. The van der Waals surface area contributed by atoms with Gasteiger partial charge in [-0.2, -0.15) is 0 Å². The van der Waals surface area contributed by atoms with Gasteiger partial charge in [0.15, 0.2) is 0 Å². The summed E-state index contributed by atoms with van der Waals surface area (Å²) in [6.45, 7) is 4.16. The maximum absolute atomic E-state index is 12.2. The first-order valence-electron chi connectivity index (χ1n) is 8.15. The van der Waals surface area contributed by atoms with Crippen LogP contribution in [-0.2, 0) is 16.1 Å². The van der Waals surface area contributed by atoms with Crippen LogP contribution in [0.25, 0.3) is 0 Å². The van der Waals surface area contributed by atoms with Crippen LogP contribution in [0.2, 0.25) is 0 Å². The molecule has 0 aromatic carbocycles. The van der Waals surface area contributed by atoms with Gasteiger partial charge in [0.05, 0.1) is 5.92 Å². The Bertz CT molecular complexity index is 635. The minimum Gasteiger partial charge on any atom is -0.369 e. The number of thiazole rings is 1. The van der Waals surface area contributed by atoms with Crippen LogP contribution in [0.1, 0.15) is 49.1 Å². The Morgan fingerprint density at radius 1 is 1.26 bits per heavy atom. The van der Waals surface area contributed by atoms with Crippen molar-refractivity contribution in [1.82, 2.24) is 9.88 Å². The third kappa shape index (κ3) is 4.43. The maximum Gasteiger partial charge on any atom is 0.307 e. The maximum atomic E-state index is 12.2. The first-order valence-corrected chi connectivity index (χ1v) is 8.97. The molecule has 0 bridgehead atoms. The number of primary amides is 1. The van der Waals surface area contributed by atoms with Crippen molar-refractivity contribution in [2.24, 2.45) is 11.7 Å². The van der Waals surface area contributed by atoms with Gasteiger partial charge in [-0.05, 0) is 26.7 Å². The Hall–Kier alpha value is -1.63. The van der Waals surface area contributed by atoms with Gasteiger partial charge in [-0.15, -0.1) is 0 Å². The molecule has 1 aromatic heterocycles. The third-order valence-corrected chi connectivity index (χ3v) is 5.66. The molecule has 3 N–H and O–H groups in total. The lowest BCUT2D eigenvalue weighted by molar-refractivity contribution is -0.125. The Labute approximate surface area is 140 Å². The molecule has 0 radical (unpaired) electrons. The van der Waals surface area contributed by atoms with Crippen LogP contribution >= 0.6 is 11.3 Å². The Morgan fingerprint density at radius 2 is 1.96 bits per heavy atom. The minimum absolute atomic E-state index is 0.0303. The van der Waals surface area contributed by atoms with E-state index in [1.54, 1.807) is 4.57 Å². The van der Waals surface area contributed by atoms with Gasteiger partial charge in [0.2, 0.25) is 11.8 Å². The standard InChI is InChI=1S/C16H25N3O3S/c1-10-11(2)23-16(22)19(10)9-8-14(20)18-13-7-5-3-4-6-12(13)15(17)21/h12-13H,3-9H2,1-2H3,(H2,17,21)(H,18,20)/t12-,13-/m0/s1. The van der Waals surface area contributed by atoms with Gasteiger partial charge >= 0.3 is 4.87 Å². The summed E-state index contributed by atoms with van der Waals surface area (Å²) in [5.41, 5.74) is 6.39. The van der Waals surface area contributed by atoms with Gasteiger partial charge in [0.1, 0.15) is 0 Å². The molecular weight excluding hydrogens is 314 g/mol. The Morgan fingerprint density at radius 3 is 2.57 bits per heavy atom. The van der Waals surface area contributed by atoms with Crippen LogP contribution in [0.5, 0.6) is 0 Å². The van der Waals surface area contributed by atoms with Crippen molar-refractivity contribution in [3.8, 4) is 0 Å². The van der Waals surface area contributed by atoms with E-state index in [0.717, 1.165) is 42.7 Å². The first-order chi connectivity index (χ1) is 10.9. The molecule has 7 heteroatoms. The lowest BCUT2D eigenvalue weighted by Crippen LogP contribution is -2.45. The highest BCUT2D eigenvalue weighted by atomic mass is 32.1. The van der Waals surface area contributed by atoms with Crippen molar-refractivity contribution < 1.29 is 9.59 Å². The summed E-state index contributed by atoms with van der Waals surface area (Å²) in [5.74, 6) is -0.745. The number of amides is 2. The lowest BCUT2D eigenvalue weighted by atomic mass is 9.94. The van der Waals surface area contributed by atoms with Crippen molar-refractivity contribution in [3.63, 3.8) is 0 Å². The fourth-order valence-corrected chi connectivity index (χ4v) is 4.02. The number of aryl methyl sites for hydroxylation is 1. The summed E-state index contributed by atoms with van der Waals surface area (Å²) in [5, 5.41) is 2.95. The molecule has 0 aliphatic heterocycles. The highest BCUT2D eigenvalue weighted by Crippen LogP contribution is 2.23. The van der Waals surface area contributed by atoms with Crippen LogP contribution in [0.3, 0.4) is 0 Å². The molecule has 1 fully saturated rings. The topological polar surface area (TPSA) is 94.2 Å². The molecule has 23 heavy (non-hydrogen) atoms. The summed E-state index contributed by atoms with van der Waals surface area (Å²) in [4.78, 5) is 36.6. The fraction of sp³-hybridized carbons (Fsp3) is 0.688. The Balaban J connectivity index is 1.95. The molecule has 1 saturated carbocycles. The van der Waals surface area contributed by atoms with Gasteiger partial charge in [0, 0.05) is 29.6 Å². The van der Waals surface area contributed by atoms with Gasteiger partial charge in [-0.3, -0.25) is 14.4 Å². The third-order valence-electron chi connectivity index (χ3n) is 4.67. The van der Waals surface area contributed by atoms with E-state index in [9.17, 15) is 14.4 Å². The van der Waals surface area contributed by atoms with Crippen LogP contribution in [0, 0.1) is 19.8 Å². The average Bonchev–Trinajstić information content (AvgIpc) is 2.67. The number of carbonyl (C=O) groups is 2. The molecule has 2 amide bonds. The van der Waals surface area contributed by atoms with Crippen molar-refractivity contribution in [2.45, 2.75) is 65.0 Å². The molecule has 1 heterocycles. The summed E-state index contributed by atoms with van der Waals surface area (Å²) in [6, 6.07) is -0.176. The molecule has 1 aliphatic rings. The number of carbonyl (C=O) groups excluding carboxylic acids is 2. The van der Waals surface area contributed by atoms with Gasteiger partial charge < -0.3 is 15.6 Å². The van der Waals surface area contributed by atoms with Crippen molar-refractivity contribution in [2.75, 3.05) is 0 Å². The number of aromatic nitrogens is 1. The second-order valence-electron chi connectivity index (χ2n) is 6.23. The SMILES string of the molecule is Cc1sc(=O)n(CCC(=O)N[C@H]2CCCCC[C@@H]2C(N)=O)c1C. The fourth-order valence-electron chi connectivity index (χ4n) is 3.16. The van der Waals surface area contributed by atoms with E-state index in [1.165, 1.54) is 11.3 Å². The largest absolute Gasteiger partial charge is 0.369 e. The number of nitrogens with two attached hydrogens (primary N) is 1. The Kier molecular flexibility index (Phi) is 5.98. The van der Waals surface area contributed by atoms with E-state index in [2.05, 4.69) is 5.32 Å². The zero-order valence-corrected chi connectivity index (χ0v) is 14.6. The molecule has 2 rings (SSSR count). The molecule has 1 aliphatic carbocycles. The van der Waals surface area contributed by atoms with Crippen LogP contribution < -0.4 is 15.9 Å². The average molecular weight is 339 g/mol. The number of hydrogen-bond donors (Lipinski definition) is 2. The zero-order valence-electron chi connectivity index (χ0n) is 13.8. The second kappa shape index (κ2) is 7.77. The van der Waals surface area contributed by atoms with Crippen molar-refractivity contribution >= 4 is 23.2 Å². The normalized spacial score (nSPS) is 21.7. The summed E-state index contributed by atoms with van der Waals surface area (Å²) >= 11 is 1.20. The molecule has 6 nitrogen and oxygen atoms in total. The molecule has 1 aromatic rings. The predicted molar refractivity (Wildman–Crippen MR) is 90.4 cm³/mol. The van der Waals surface area contributed by atoms with Gasteiger partial charge in [-0.25, -0.2) is 0 Å². The smallest absolute Gasteiger partial charge is 0.307 e. The van der Waals surface area contributed by atoms with E-state index in [-0.39, 0.29) is 35.1 Å². The molecule has 0 spiro atoms. The monoisotopic (exact) mass is 339 g/mol. The number of hydrogen-bond acceptors (Lipinski definition) is 4. The van der Waals surface area contributed by atoms with E-state index in [0.29, 0.717) is 6.54 Å². The highest BCUT2D eigenvalue weighted by Gasteiger charge is 2.29. The van der Waals surface area contributed by atoms with Crippen LogP contribution in [-0.4, -0.2) is 22.4 Å². The van der Waals surface area contributed by atoms with Crippen LogP contribution in [0.15, 0.2) is 4.79 Å². The highest BCUT2D eigenvalue weighted by molar-refractivity contribution is 7.09. The number of rotatable bonds is 5. The predicted octanol–water partition coefficient (Wildman–Crippen LogP) is 1.47. The van der Waals surface area contributed by atoms with Gasteiger partial charge in [-0.1, -0.05) is 30.6 Å². The summed E-state index contributed by atoms with van der Waals surface area (Å²) in [6.07, 6.45) is 4.80. The molecule has 0 saturated heterocycles. The molecule has 2 atom stereocenters. The minimum atomic E-state index is -0.335. The van der Waals surface area contributed by atoms with E-state index in [4.69, 9.17) is 5.73 Å². The quantitative estimate of drug-likeness (QED) is 0.795. The van der Waals surface area contributed by atoms with E-state index < -0.39 is 0 Å². The first kappa shape index (κ1) is 17.7. The number of nitrogens with zero attached hydrogens (tertiary/aromatic N) is 1. The number of nitrogens with one attached hydrogen (secondary N) is 1. The van der Waals surface area contributed by atoms with Crippen LogP contribution in [0.4, 0.5) is 0 Å². The second-order valence-corrected chi connectivity index (χ2v) is 7.40. The zero-order chi connectivity index (χ0) is 17.0. The molecular formula is C16H25N3O3S.